The Morgan fingerprint density at radius 2 is 1.82 bits per heavy atom. The van der Waals surface area contributed by atoms with Gasteiger partial charge >= 0.3 is 0 Å². The number of benzene rings is 1. The molecular weight excluding hydrogens is 206 g/mol. The fourth-order valence-corrected chi connectivity index (χ4v) is 2.35. The topological polar surface area (TPSA) is 12.0 Å². The van der Waals surface area contributed by atoms with Crippen molar-refractivity contribution in [2.45, 2.75) is 46.1 Å². The van der Waals surface area contributed by atoms with Crippen LogP contribution in [0.25, 0.3) is 0 Å². The summed E-state index contributed by atoms with van der Waals surface area (Å²) in [4.78, 5) is 0. The Balaban J connectivity index is 1.82. The first-order chi connectivity index (χ1) is 8.20. The summed E-state index contributed by atoms with van der Waals surface area (Å²) in [5.74, 6) is 1.84. The van der Waals surface area contributed by atoms with Gasteiger partial charge in [0.25, 0.3) is 0 Å². The van der Waals surface area contributed by atoms with Gasteiger partial charge < -0.3 is 5.32 Å². The summed E-state index contributed by atoms with van der Waals surface area (Å²) in [6.07, 6.45) is 4.02. The Hall–Kier alpha value is -0.820. The molecule has 1 aliphatic rings. The van der Waals surface area contributed by atoms with Gasteiger partial charge in [-0.3, -0.25) is 0 Å². The van der Waals surface area contributed by atoms with Crippen molar-refractivity contribution in [2.24, 2.45) is 11.8 Å². The molecule has 0 radical (unpaired) electrons. The molecule has 2 atom stereocenters. The smallest absolute Gasteiger partial charge is 0.0291 e. The summed E-state index contributed by atoms with van der Waals surface area (Å²) < 4.78 is 0. The zero-order chi connectivity index (χ0) is 12.3. The molecule has 17 heavy (non-hydrogen) atoms. The fraction of sp³-hybridized carbons (Fsp3) is 0.625. The Kier molecular flexibility index (Phi) is 4.22. The van der Waals surface area contributed by atoms with Crippen molar-refractivity contribution in [1.82, 2.24) is 5.32 Å². The highest BCUT2D eigenvalue weighted by Gasteiger charge is 2.27. The first kappa shape index (κ1) is 12.6. The standard InChI is InChI=1S/C16H25N/c1-4-14-5-7-16(8-6-14)13(3)17-11-12(2)15-9-10-15/h5-8,12-13,15,17H,4,9-11H2,1-3H3. The maximum absolute atomic E-state index is 3.66. The second-order valence-corrected chi connectivity index (χ2v) is 5.54. The molecule has 1 heteroatoms. The van der Waals surface area contributed by atoms with Crippen molar-refractivity contribution in [3.8, 4) is 0 Å². The van der Waals surface area contributed by atoms with E-state index in [-0.39, 0.29) is 0 Å². The molecular formula is C16H25N. The molecule has 0 amide bonds. The summed E-state index contributed by atoms with van der Waals surface area (Å²) in [5.41, 5.74) is 2.83. The van der Waals surface area contributed by atoms with Crippen molar-refractivity contribution >= 4 is 0 Å². The monoisotopic (exact) mass is 231 g/mol. The van der Waals surface area contributed by atoms with E-state index in [9.17, 15) is 0 Å². The molecule has 1 saturated carbocycles. The minimum Gasteiger partial charge on any atom is -0.310 e. The lowest BCUT2D eigenvalue weighted by Crippen LogP contribution is -2.25. The number of nitrogens with one attached hydrogen (secondary N) is 1. The highest BCUT2D eigenvalue weighted by Crippen LogP contribution is 2.36. The van der Waals surface area contributed by atoms with E-state index in [4.69, 9.17) is 0 Å². The van der Waals surface area contributed by atoms with Gasteiger partial charge in [-0.05, 0) is 55.7 Å². The zero-order valence-electron chi connectivity index (χ0n) is 11.4. The van der Waals surface area contributed by atoms with E-state index in [1.54, 1.807) is 0 Å². The Morgan fingerprint density at radius 1 is 1.18 bits per heavy atom. The van der Waals surface area contributed by atoms with E-state index in [0.717, 1.165) is 24.8 Å². The van der Waals surface area contributed by atoms with Crippen molar-refractivity contribution in [3.63, 3.8) is 0 Å². The fourth-order valence-electron chi connectivity index (χ4n) is 2.35. The molecule has 1 aromatic carbocycles. The van der Waals surface area contributed by atoms with Gasteiger partial charge in [-0.25, -0.2) is 0 Å². The average molecular weight is 231 g/mol. The number of hydrogen-bond acceptors (Lipinski definition) is 1. The molecule has 0 aromatic heterocycles. The van der Waals surface area contributed by atoms with Crippen LogP contribution < -0.4 is 5.32 Å². The average Bonchev–Trinajstić information content (AvgIpc) is 3.20. The Morgan fingerprint density at radius 3 is 2.35 bits per heavy atom. The highest BCUT2D eigenvalue weighted by molar-refractivity contribution is 5.24. The van der Waals surface area contributed by atoms with Gasteiger partial charge in [0, 0.05) is 6.04 Å². The Bertz CT molecular complexity index is 337. The van der Waals surface area contributed by atoms with Crippen LogP contribution in [-0.2, 0) is 6.42 Å². The summed E-state index contributed by atoms with van der Waals surface area (Å²) in [6, 6.07) is 9.49. The van der Waals surface area contributed by atoms with Crippen molar-refractivity contribution in [3.05, 3.63) is 35.4 Å². The second-order valence-electron chi connectivity index (χ2n) is 5.54. The van der Waals surface area contributed by atoms with Crippen LogP contribution in [0.3, 0.4) is 0 Å². The van der Waals surface area contributed by atoms with Gasteiger partial charge in [0.2, 0.25) is 0 Å². The minimum atomic E-state index is 0.474. The van der Waals surface area contributed by atoms with Crippen LogP contribution in [0, 0.1) is 11.8 Å². The van der Waals surface area contributed by atoms with Gasteiger partial charge in [-0.2, -0.15) is 0 Å². The van der Waals surface area contributed by atoms with E-state index in [0.29, 0.717) is 6.04 Å². The predicted octanol–water partition coefficient (Wildman–Crippen LogP) is 3.95. The molecule has 0 saturated heterocycles. The van der Waals surface area contributed by atoms with E-state index >= 15 is 0 Å². The molecule has 1 N–H and O–H groups in total. The van der Waals surface area contributed by atoms with E-state index < -0.39 is 0 Å². The van der Waals surface area contributed by atoms with Gasteiger partial charge in [0.05, 0.1) is 0 Å². The van der Waals surface area contributed by atoms with Gasteiger partial charge in [0.15, 0.2) is 0 Å². The third-order valence-electron chi connectivity index (χ3n) is 4.06. The van der Waals surface area contributed by atoms with Crippen molar-refractivity contribution in [2.75, 3.05) is 6.54 Å². The lowest BCUT2D eigenvalue weighted by Gasteiger charge is -2.18. The van der Waals surface area contributed by atoms with Crippen LogP contribution in [0.4, 0.5) is 0 Å². The van der Waals surface area contributed by atoms with Gasteiger partial charge in [-0.15, -0.1) is 0 Å². The molecule has 1 aromatic rings. The summed E-state index contributed by atoms with van der Waals surface area (Å²) >= 11 is 0. The van der Waals surface area contributed by atoms with E-state index in [1.807, 2.05) is 0 Å². The lowest BCUT2D eigenvalue weighted by molar-refractivity contribution is 0.432. The first-order valence-electron chi connectivity index (χ1n) is 7.03. The molecule has 1 fully saturated rings. The summed E-state index contributed by atoms with van der Waals surface area (Å²) in [5, 5.41) is 3.66. The maximum Gasteiger partial charge on any atom is 0.0291 e. The molecule has 0 aliphatic heterocycles. The Labute approximate surface area is 106 Å². The largest absolute Gasteiger partial charge is 0.310 e. The van der Waals surface area contributed by atoms with Crippen LogP contribution in [0.5, 0.6) is 0 Å². The molecule has 2 unspecified atom stereocenters. The van der Waals surface area contributed by atoms with E-state index in [1.165, 1.54) is 24.0 Å². The maximum atomic E-state index is 3.66. The molecule has 0 spiro atoms. The minimum absolute atomic E-state index is 0.474. The highest BCUT2D eigenvalue weighted by atomic mass is 14.9. The van der Waals surface area contributed by atoms with Crippen LogP contribution >= 0.6 is 0 Å². The number of aryl methyl sites for hydroxylation is 1. The lowest BCUT2D eigenvalue weighted by atomic mass is 10.0. The quantitative estimate of drug-likeness (QED) is 0.782. The molecule has 0 heterocycles. The molecule has 0 bridgehead atoms. The van der Waals surface area contributed by atoms with Crippen LogP contribution in [0.1, 0.15) is 50.8 Å². The van der Waals surface area contributed by atoms with Crippen LogP contribution in [0.15, 0.2) is 24.3 Å². The normalized spacial score (nSPS) is 19.0. The van der Waals surface area contributed by atoms with Crippen LogP contribution in [0.2, 0.25) is 0 Å². The molecule has 94 valence electrons. The number of hydrogen-bond donors (Lipinski definition) is 1. The molecule has 1 aliphatic carbocycles. The van der Waals surface area contributed by atoms with Crippen molar-refractivity contribution in [1.29, 1.82) is 0 Å². The SMILES string of the molecule is CCc1ccc(C(C)NCC(C)C2CC2)cc1. The van der Waals surface area contributed by atoms with Crippen molar-refractivity contribution < 1.29 is 0 Å². The summed E-state index contributed by atoms with van der Waals surface area (Å²) in [7, 11) is 0. The summed E-state index contributed by atoms with van der Waals surface area (Å²) in [6.45, 7) is 7.99. The zero-order valence-corrected chi connectivity index (χ0v) is 11.4. The van der Waals surface area contributed by atoms with Gasteiger partial charge in [0.1, 0.15) is 0 Å². The first-order valence-corrected chi connectivity index (χ1v) is 7.03. The predicted molar refractivity (Wildman–Crippen MR) is 74.1 cm³/mol. The van der Waals surface area contributed by atoms with Crippen LogP contribution in [-0.4, -0.2) is 6.54 Å². The second kappa shape index (κ2) is 5.68. The van der Waals surface area contributed by atoms with E-state index in [2.05, 4.69) is 50.4 Å². The third-order valence-corrected chi connectivity index (χ3v) is 4.06. The third kappa shape index (κ3) is 3.57. The van der Waals surface area contributed by atoms with Gasteiger partial charge in [-0.1, -0.05) is 38.1 Å². The molecule has 2 rings (SSSR count). The number of rotatable bonds is 6. The molecule has 1 nitrogen and oxygen atoms in total.